The van der Waals surface area contributed by atoms with E-state index in [2.05, 4.69) is 53.5 Å². The monoisotopic (exact) mass is 482 g/mol. The Hall–Kier alpha value is -2.35. The first-order chi connectivity index (χ1) is 16.7. The van der Waals surface area contributed by atoms with Crippen LogP contribution in [-0.2, 0) is 9.53 Å². The largest absolute Gasteiger partial charge is 0.480 e. The molecule has 2 aromatic rings. The van der Waals surface area contributed by atoms with Crippen molar-refractivity contribution in [2.45, 2.75) is 37.0 Å². The highest BCUT2D eigenvalue weighted by Gasteiger charge is 2.40. The maximum Gasteiger partial charge on any atom is 0.329 e. The van der Waals surface area contributed by atoms with Gasteiger partial charge in [0, 0.05) is 12.3 Å². The van der Waals surface area contributed by atoms with Crippen LogP contribution in [0.3, 0.4) is 0 Å². The molecular weight excluding hydrogens is 448 g/mol. The number of carbonyl (C=O) groups is 1. The zero-order chi connectivity index (χ0) is 23.8. The van der Waals surface area contributed by atoms with Gasteiger partial charge in [0.1, 0.15) is 12.0 Å². The van der Waals surface area contributed by atoms with E-state index < -0.39 is 5.97 Å². The molecule has 1 aliphatic carbocycles. The summed E-state index contributed by atoms with van der Waals surface area (Å²) in [6, 6.07) is 21.0. The zero-order valence-corrected chi connectivity index (χ0v) is 20.3. The lowest BCUT2D eigenvalue weighted by molar-refractivity contribution is -0.142. The van der Waals surface area contributed by atoms with Crippen LogP contribution in [0.25, 0.3) is 0 Å². The molecule has 1 fully saturated rings. The molecule has 2 aromatic carbocycles. The molecule has 6 nitrogen and oxygen atoms in total. The fraction of sp³-hybridized carbons (Fsp3) is 0.481. The molecule has 0 saturated heterocycles. The highest BCUT2D eigenvalue weighted by Crippen LogP contribution is 2.41. The first-order valence-electron chi connectivity index (χ1n) is 12.1. The lowest BCUT2D eigenvalue weighted by atomic mass is 9.82. The van der Waals surface area contributed by atoms with Crippen LogP contribution < -0.4 is 0 Å². The van der Waals surface area contributed by atoms with Gasteiger partial charge in [-0.2, -0.15) is 5.10 Å². The molecule has 0 amide bonds. The van der Waals surface area contributed by atoms with E-state index in [4.69, 9.17) is 14.9 Å². The summed E-state index contributed by atoms with van der Waals surface area (Å²) in [7, 11) is 0. The number of carboxylic acid groups (broad SMARTS) is 1. The number of thioether (sulfide) groups is 1. The number of hydrogen-bond acceptors (Lipinski definition) is 6. The van der Waals surface area contributed by atoms with Crippen molar-refractivity contribution in [2.75, 3.05) is 32.1 Å². The first kappa shape index (κ1) is 24.8. The Balaban J connectivity index is 1.49. The van der Waals surface area contributed by atoms with Gasteiger partial charge in [0.25, 0.3) is 0 Å². The number of ether oxygens (including phenoxy) is 1. The molecule has 2 aliphatic rings. The van der Waals surface area contributed by atoms with Crippen molar-refractivity contribution in [2.24, 2.45) is 16.9 Å². The molecule has 1 heterocycles. The van der Waals surface area contributed by atoms with Crippen molar-refractivity contribution in [1.82, 2.24) is 5.01 Å². The number of hydrogen-bond donors (Lipinski definition) is 2. The number of aliphatic carboxylic acids is 1. The van der Waals surface area contributed by atoms with Crippen molar-refractivity contribution in [3.63, 3.8) is 0 Å². The van der Waals surface area contributed by atoms with Crippen LogP contribution in [0.4, 0.5) is 0 Å². The number of rotatable bonds is 11. The zero-order valence-electron chi connectivity index (χ0n) is 19.5. The second-order valence-electron chi connectivity index (χ2n) is 9.14. The van der Waals surface area contributed by atoms with Crippen molar-refractivity contribution in [1.29, 1.82) is 0 Å². The van der Waals surface area contributed by atoms with Crippen LogP contribution in [-0.4, -0.2) is 64.4 Å². The summed E-state index contributed by atoms with van der Waals surface area (Å²) in [5, 5.41) is 26.0. The van der Waals surface area contributed by atoms with E-state index in [9.17, 15) is 9.90 Å². The van der Waals surface area contributed by atoms with Crippen molar-refractivity contribution in [3.8, 4) is 0 Å². The topological polar surface area (TPSA) is 82.4 Å². The molecule has 1 aliphatic heterocycles. The van der Waals surface area contributed by atoms with Crippen LogP contribution in [0, 0.1) is 11.8 Å². The van der Waals surface area contributed by atoms with Crippen molar-refractivity contribution in [3.05, 3.63) is 71.8 Å². The first-order valence-corrected chi connectivity index (χ1v) is 13.2. The number of aliphatic hydroxyl groups excluding tert-OH is 1. The third-order valence-corrected chi connectivity index (χ3v) is 7.98. The van der Waals surface area contributed by atoms with Crippen molar-refractivity contribution >= 4 is 23.4 Å². The molecule has 182 valence electrons. The molecule has 4 rings (SSSR count). The van der Waals surface area contributed by atoms with Gasteiger partial charge < -0.3 is 14.9 Å². The van der Waals surface area contributed by atoms with E-state index in [0.29, 0.717) is 24.2 Å². The fourth-order valence-corrected chi connectivity index (χ4v) is 6.18. The standard InChI is InChI=1S/C27H34N2O4S/c30-15-16-34-27-25(22-7-3-1-4-8-22)26(23-9-5-2-6-10-23)28-29(27)17-20-11-13-21(14-12-20)18-33-19-24(31)32/h1-10,20-21,25,27,30H,11-19H2,(H,31,32)/t20-,21-,25?,27?. The summed E-state index contributed by atoms with van der Waals surface area (Å²) in [5.74, 6) is 0.892. The highest BCUT2D eigenvalue weighted by molar-refractivity contribution is 7.99. The third kappa shape index (κ3) is 6.40. The minimum Gasteiger partial charge on any atom is -0.480 e. The predicted octanol–water partition coefficient (Wildman–Crippen LogP) is 4.45. The Morgan fingerprint density at radius 1 is 1.00 bits per heavy atom. The van der Waals surface area contributed by atoms with Gasteiger partial charge in [0.15, 0.2) is 0 Å². The lowest BCUT2D eigenvalue weighted by Gasteiger charge is -2.34. The summed E-state index contributed by atoms with van der Waals surface area (Å²) in [6.07, 6.45) is 4.32. The summed E-state index contributed by atoms with van der Waals surface area (Å²) in [6.45, 7) is 1.36. The SMILES string of the molecule is O=C(O)COC[C@H]1CC[C@H](CN2N=C(c3ccccc3)C(c3ccccc3)C2SCCO)CC1. The summed E-state index contributed by atoms with van der Waals surface area (Å²) in [4.78, 5) is 10.7. The second-order valence-corrected chi connectivity index (χ2v) is 10.4. The average molecular weight is 483 g/mol. The third-order valence-electron chi connectivity index (χ3n) is 6.71. The number of benzene rings is 2. The summed E-state index contributed by atoms with van der Waals surface area (Å²) < 4.78 is 5.33. The normalized spacial score (nSPS) is 24.7. The fourth-order valence-electron chi connectivity index (χ4n) is 5.05. The molecule has 2 atom stereocenters. The van der Waals surface area contributed by atoms with Crippen LogP contribution in [0.5, 0.6) is 0 Å². The molecule has 7 heteroatoms. The van der Waals surface area contributed by atoms with Gasteiger partial charge in [-0.05, 0) is 48.6 Å². The van der Waals surface area contributed by atoms with Gasteiger partial charge in [0.05, 0.1) is 24.8 Å². The Labute approximate surface area is 206 Å². The number of nitrogens with zero attached hydrogens (tertiary/aromatic N) is 2. The molecule has 2 N–H and O–H groups in total. The quantitative estimate of drug-likeness (QED) is 0.492. The highest BCUT2D eigenvalue weighted by atomic mass is 32.2. The van der Waals surface area contributed by atoms with E-state index in [0.717, 1.165) is 43.5 Å². The van der Waals surface area contributed by atoms with Crippen LogP contribution >= 0.6 is 11.8 Å². The van der Waals surface area contributed by atoms with E-state index in [1.54, 1.807) is 11.8 Å². The molecular formula is C27H34N2O4S. The second kappa shape index (κ2) is 12.4. The summed E-state index contributed by atoms with van der Waals surface area (Å²) >= 11 is 1.78. The molecule has 2 unspecified atom stereocenters. The number of carboxylic acids is 1. The van der Waals surface area contributed by atoms with Gasteiger partial charge >= 0.3 is 5.97 Å². The molecule has 0 bridgehead atoms. The Kier molecular flexibility index (Phi) is 9.02. The predicted molar refractivity (Wildman–Crippen MR) is 136 cm³/mol. The van der Waals surface area contributed by atoms with Gasteiger partial charge in [-0.1, -0.05) is 60.7 Å². The van der Waals surface area contributed by atoms with Gasteiger partial charge in [-0.15, -0.1) is 11.8 Å². The van der Waals surface area contributed by atoms with Crippen molar-refractivity contribution < 1.29 is 19.7 Å². The van der Waals surface area contributed by atoms with Crippen LogP contribution in [0.1, 0.15) is 42.7 Å². The smallest absolute Gasteiger partial charge is 0.329 e. The Bertz CT molecular complexity index is 932. The maximum atomic E-state index is 10.7. The number of hydrazone groups is 1. The maximum absolute atomic E-state index is 10.7. The molecule has 34 heavy (non-hydrogen) atoms. The molecule has 0 spiro atoms. The van der Waals surface area contributed by atoms with Crippen LogP contribution in [0.15, 0.2) is 65.8 Å². The minimum absolute atomic E-state index is 0.140. The van der Waals surface area contributed by atoms with Gasteiger partial charge in [-0.3, -0.25) is 5.01 Å². The summed E-state index contributed by atoms with van der Waals surface area (Å²) in [5.41, 5.74) is 3.49. The molecule has 0 radical (unpaired) electrons. The van der Waals surface area contributed by atoms with Gasteiger partial charge in [-0.25, -0.2) is 4.79 Å². The average Bonchev–Trinajstić information content (AvgIpc) is 3.22. The van der Waals surface area contributed by atoms with E-state index >= 15 is 0 Å². The minimum atomic E-state index is -0.908. The van der Waals surface area contributed by atoms with E-state index in [1.165, 1.54) is 5.56 Å². The lowest BCUT2D eigenvalue weighted by Crippen LogP contribution is -2.35. The van der Waals surface area contributed by atoms with E-state index in [1.807, 2.05) is 12.1 Å². The Morgan fingerprint density at radius 3 is 2.29 bits per heavy atom. The number of aliphatic hydroxyl groups is 1. The molecule has 0 aromatic heterocycles. The van der Waals surface area contributed by atoms with E-state index in [-0.39, 0.29) is 24.5 Å². The molecule has 1 saturated carbocycles. The van der Waals surface area contributed by atoms with Gasteiger partial charge in [0.2, 0.25) is 0 Å². The Morgan fingerprint density at radius 2 is 1.65 bits per heavy atom. The van der Waals surface area contributed by atoms with Crippen LogP contribution in [0.2, 0.25) is 0 Å².